The number of rotatable bonds is 6. The minimum Gasteiger partial charge on any atom is -0.494 e. The molecule has 0 aliphatic heterocycles. The molecule has 0 fully saturated rings. The van der Waals surface area contributed by atoms with Gasteiger partial charge in [-0.3, -0.25) is 0 Å². The van der Waals surface area contributed by atoms with E-state index in [0.29, 0.717) is 0 Å². The average Bonchev–Trinajstić information content (AvgIpc) is 2.85. The largest absolute Gasteiger partial charge is 0.494 e. The molecule has 1 aromatic carbocycles. The van der Waals surface area contributed by atoms with Crippen molar-refractivity contribution in [2.24, 2.45) is 0 Å². The van der Waals surface area contributed by atoms with Gasteiger partial charge in [0.15, 0.2) is 0 Å². The zero-order chi connectivity index (χ0) is 13.7. The summed E-state index contributed by atoms with van der Waals surface area (Å²) in [6.45, 7) is 4.92. The summed E-state index contributed by atoms with van der Waals surface area (Å²) in [5.41, 5.74) is 2.05. The molecule has 0 saturated carbocycles. The number of hydrogen-bond acceptors (Lipinski definition) is 3. The van der Waals surface area contributed by atoms with Crippen molar-refractivity contribution in [3.05, 3.63) is 51.7 Å². The van der Waals surface area contributed by atoms with Crippen LogP contribution in [0.4, 0.5) is 0 Å². The number of hydrogen-bond donors (Lipinski definition) is 1. The molecule has 2 aromatic rings. The molecule has 0 aliphatic rings. The van der Waals surface area contributed by atoms with Crippen LogP contribution < -0.4 is 4.74 Å². The lowest BCUT2D eigenvalue weighted by Crippen LogP contribution is -2.00. The Morgan fingerprint density at radius 2 is 1.95 bits per heavy atom. The third-order valence-electron chi connectivity index (χ3n) is 3.11. The number of aliphatic hydroxyl groups is 1. The first kappa shape index (κ1) is 14.1. The fraction of sp³-hybridized carbons (Fsp3) is 0.375. The molecule has 1 atom stereocenters. The molecule has 0 amide bonds. The maximum Gasteiger partial charge on any atom is 0.119 e. The maximum atomic E-state index is 10.3. The summed E-state index contributed by atoms with van der Waals surface area (Å²) in [5.74, 6) is 0.868. The van der Waals surface area contributed by atoms with Crippen LogP contribution in [0.15, 0.2) is 35.7 Å². The van der Waals surface area contributed by atoms with Gasteiger partial charge in [0.1, 0.15) is 11.9 Å². The zero-order valence-electron chi connectivity index (χ0n) is 11.4. The summed E-state index contributed by atoms with van der Waals surface area (Å²) < 4.78 is 5.62. The molecule has 1 heterocycles. The Kier molecular flexibility index (Phi) is 5.00. The predicted molar refractivity (Wildman–Crippen MR) is 80.0 cm³/mol. The van der Waals surface area contributed by atoms with E-state index in [4.69, 9.17) is 4.74 Å². The molecule has 0 saturated heterocycles. The minimum atomic E-state index is -0.537. The molecule has 1 aromatic heterocycles. The molecular formula is C16H20O2S. The first-order chi connectivity index (χ1) is 9.22. The lowest BCUT2D eigenvalue weighted by atomic mass is 10.1. The molecular weight excluding hydrogens is 256 g/mol. The van der Waals surface area contributed by atoms with Crippen LogP contribution in [0.1, 0.15) is 41.9 Å². The van der Waals surface area contributed by atoms with Gasteiger partial charge in [0.05, 0.1) is 6.61 Å². The third kappa shape index (κ3) is 3.58. The summed E-state index contributed by atoms with van der Waals surface area (Å²) in [4.78, 5) is 1.01. The summed E-state index contributed by atoms with van der Waals surface area (Å²) in [5, 5.41) is 12.3. The van der Waals surface area contributed by atoms with Crippen LogP contribution >= 0.6 is 11.3 Å². The first-order valence-electron chi connectivity index (χ1n) is 6.67. The molecule has 102 valence electrons. The van der Waals surface area contributed by atoms with Gasteiger partial charge in [-0.15, -0.1) is 11.3 Å². The number of thiophene rings is 1. The Morgan fingerprint density at radius 3 is 2.53 bits per heavy atom. The van der Waals surface area contributed by atoms with Gasteiger partial charge in [-0.05, 0) is 48.1 Å². The van der Waals surface area contributed by atoms with E-state index in [0.717, 1.165) is 41.2 Å². The Morgan fingerprint density at radius 1 is 1.21 bits per heavy atom. The van der Waals surface area contributed by atoms with Crippen LogP contribution in [-0.2, 0) is 0 Å². The molecule has 0 radical (unpaired) electrons. The third-order valence-corrected chi connectivity index (χ3v) is 4.18. The molecule has 1 N–H and O–H groups in total. The van der Waals surface area contributed by atoms with E-state index in [9.17, 15) is 5.11 Å². The monoisotopic (exact) mass is 276 g/mol. The van der Waals surface area contributed by atoms with Gasteiger partial charge < -0.3 is 9.84 Å². The van der Waals surface area contributed by atoms with E-state index >= 15 is 0 Å². The van der Waals surface area contributed by atoms with Crippen LogP contribution in [-0.4, -0.2) is 11.7 Å². The van der Waals surface area contributed by atoms with Crippen molar-refractivity contribution in [3.8, 4) is 5.75 Å². The second-order valence-electron chi connectivity index (χ2n) is 4.64. The van der Waals surface area contributed by atoms with Gasteiger partial charge in [0.2, 0.25) is 0 Å². The highest BCUT2D eigenvalue weighted by atomic mass is 32.1. The number of unbranched alkanes of at least 4 members (excludes halogenated alkanes) is 1. The molecule has 3 heteroatoms. The van der Waals surface area contributed by atoms with Gasteiger partial charge in [-0.25, -0.2) is 0 Å². The van der Waals surface area contributed by atoms with Crippen molar-refractivity contribution >= 4 is 11.3 Å². The van der Waals surface area contributed by atoms with E-state index < -0.39 is 6.10 Å². The first-order valence-corrected chi connectivity index (χ1v) is 7.55. The van der Waals surface area contributed by atoms with Crippen LogP contribution in [0, 0.1) is 6.92 Å². The highest BCUT2D eigenvalue weighted by molar-refractivity contribution is 7.10. The smallest absolute Gasteiger partial charge is 0.119 e. The fourth-order valence-electron chi connectivity index (χ4n) is 1.90. The van der Waals surface area contributed by atoms with Gasteiger partial charge in [-0.1, -0.05) is 25.5 Å². The highest BCUT2D eigenvalue weighted by Crippen LogP contribution is 2.30. The molecule has 19 heavy (non-hydrogen) atoms. The Balaban J connectivity index is 2.04. The number of aryl methyl sites for hydroxylation is 1. The molecule has 0 bridgehead atoms. The van der Waals surface area contributed by atoms with Gasteiger partial charge in [0.25, 0.3) is 0 Å². The summed E-state index contributed by atoms with van der Waals surface area (Å²) >= 11 is 1.59. The van der Waals surface area contributed by atoms with Crippen molar-refractivity contribution in [2.75, 3.05) is 6.61 Å². The molecule has 0 spiro atoms. The van der Waals surface area contributed by atoms with Crippen LogP contribution in [0.3, 0.4) is 0 Å². The van der Waals surface area contributed by atoms with E-state index in [-0.39, 0.29) is 0 Å². The zero-order valence-corrected chi connectivity index (χ0v) is 12.2. The van der Waals surface area contributed by atoms with Crippen LogP contribution in [0.25, 0.3) is 0 Å². The quantitative estimate of drug-likeness (QED) is 0.796. The second-order valence-corrected chi connectivity index (χ2v) is 5.59. The van der Waals surface area contributed by atoms with E-state index in [1.807, 2.05) is 42.6 Å². The highest BCUT2D eigenvalue weighted by Gasteiger charge is 2.14. The molecule has 2 rings (SSSR count). The summed E-state index contributed by atoms with van der Waals surface area (Å²) in [6, 6.07) is 9.76. The summed E-state index contributed by atoms with van der Waals surface area (Å²) in [6.07, 6.45) is 1.66. The number of ether oxygens (including phenoxy) is 1. The second kappa shape index (κ2) is 6.73. The Hall–Kier alpha value is -1.32. The van der Waals surface area contributed by atoms with Gasteiger partial charge in [0, 0.05) is 4.88 Å². The number of aliphatic hydroxyl groups excluding tert-OH is 1. The van der Waals surface area contributed by atoms with E-state index in [1.165, 1.54) is 0 Å². The van der Waals surface area contributed by atoms with Crippen molar-refractivity contribution in [2.45, 2.75) is 32.8 Å². The van der Waals surface area contributed by atoms with E-state index in [2.05, 4.69) is 6.92 Å². The Bertz CT molecular complexity index is 502. The van der Waals surface area contributed by atoms with Crippen molar-refractivity contribution < 1.29 is 9.84 Å². The minimum absolute atomic E-state index is 0.537. The summed E-state index contributed by atoms with van der Waals surface area (Å²) in [7, 11) is 0. The Labute approximate surface area is 118 Å². The maximum absolute atomic E-state index is 10.3. The lowest BCUT2D eigenvalue weighted by Gasteiger charge is -2.12. The SMILES string of the molecule is CCCCOc1ccc(C(O)c2sccc2C)cc1. The van der Waals surface area contributed by atoms with Crippen LogP contribution in [0.2, 0.25) is 0 Å². The number of benzene rings is 1. The van der Waals surface area contributed by atoms with Crippen molar-refractivity contribution in [3.63, 3.8) is 0 Å². The van der Waals surface area contributed by atoms with Gasteiger partial charge in [-0.2, -0.15) is 0 Å². The molecule has 0 aliphatic carbocycles. The molecule has 1 unspecified atom stereocenters. The van der Waals surface area contributed by atoms with Crippen molar-refractivity contribution in [1.29, 1.82) is 0 Å². The lowest BCUT2D eigenvalue weighted by molar-refractivity contribution is 0.223. The average molecular weight is 276 g/mol. The normalized spacial score (nSPS) is 12.4. The fourth-order valence-corrected chi connectivity index (χ4v) is 2.83. The van der Waals surface area contributed by atoms with Crippen LogP contribution in [0.5, 0.6) is 5.75 Å². The van der Waals surface area contributed by atoms with Gasteiger partial charge >= 0.3 is 0 Å². The van der Waals surface area contributed by atoms with Crippen molar-refractivity contribution in [1.82, 2.24) is 0 Å². The standard InChI is InChI=1S/C16H20O2S/c1-3-4-10-18-14-7-5-13(6-8-14)15(17)16-12(2)9-11-19-16/h5-9,11,15,17H,3-4,10H2,1-2H3. The predicted octanol–water partition coefficient (Wildman–Crippen LogP) is 4.32. The topological polar surface area (TPSA) is 29.5 Å². The molecule has 2 nitrogen and oxygen atoms in total. The van der Waals surface area contributed by atoms with E-state index in [1.54, 1.807) is 11.3 Å².